The average Bonchev–Trinajstić information content (AvgIpc) is 3.14. The first-order valence-electron chi connectivity index (χ1n) is 9.21. The van der Waals surface area contributed by atoms with Crippen molar-refractivity contribution in [2.75, 3.05) is 26.2 Å². The van der Waals surface area contributed by atoms with Crippen LogP contribution in [0.5, 0.6) is 0 Å². The molecule has 2 aliphatic rings. The summed E-state index contributed by atoms with van der Waals surface area (Å²) in [6.45, 7) is 6.67. The summed E-state index contributed by atoms with van der Waals surface area (Å²) < 4.78 is 0. The van der Waals surface area contributed by atoms with Crippen LogP contribution >= 0.6 is 0 Å². The number of carbonyl (C=O) groups excluding carboxylic acids is 2. The minimum atomic E-state index is 0.0784. The summed E-state index contributed by atoms with van der Waals surface area (Å²) in [6, 6.07) is 7.72. The summed E-state index contributed by atoms with van der Waals surface area (Å²) in [5.41, 5.74) is 1.84. The number of nitrogens with zero attached hydrogens (tertiary/aromatic N) is 2. The molecule has 2 fully saturated rings. The van der Waals surface area contributed by atoms with E-state index in [1.54, 1.807) is 0 Å². The van der Waals surface area contributed by atoms with Crippen LogP contribution in [0.1, 0.15) is 48.5 Å². The van der Waals surface area contributed by atoms with Crippen molar-refractivity contribution in [3.63, 3.8) is 0 Å². The Morgan fingerprint density at radius 2 is 1.67 bits per heavy atom. The highest BCUT2D eigenvalue weighted by molar-refractivity contribution is 5.94. The lowest BCUT2D eigenvalue weighted by Gasteiger charge is -2.37. The van der Waals surface area contributed by atoms with Gasteiger partial charge in [-0.05, 0) is 37.8 Å². The quantitative estimate of drug-likeness (QED) is 0.855. The molecule has 1 aromatic rings. The topological polar surface area (TPSA) is 40.6 Å². The smallest absolute Gasteiger partial charge is 0.253 e. The van der Waals surface area contributed by atoms with E-state index < -0.39 is 0 Å². The monoisotopic (exact) mass is 328 g/mol. The van der Waals surface area contributed by atoms with E-state index in [-0.39, 0.29) is 17.7 Å². The van der Waals surface area contributed by atoms with Gasteiger partial charge in [0.15, 0.2) is 0 Å². The van der Waals surface area contributed by atoms with Gasteiger partial charge in [-0.25, -0.2) is 0 Å². The van der Waals surface area contributed by atoms with Gasteiger partial charge in [-0.15, -0.1) is 0 Å². The molecule has 4 heteroatoms. The van der Waals surface area contributed by atoms with Gasteiger partial charge < -0.3 is 9.80 Å². The molecule has 1 aliphatic carbocycles. The zero-order valence-corrected chi connectivity index (χ0v) is 14.8. The van der Waals surface area contributed by atoms with Crippen LogP contribution in [-0.4, -0.2) is 47.8 Å². The molecule has 0 bridgehead atoms. The standard InChI is InChI=1S/C20H28N2O2/c1-15-6-5-9-18(14-15)20(24)22-12-10-21(11-13-22)19(23)16(2)17-7-3-4-8-17/h5-6,9,14,16-17H,3-4,7-8,10-13H2,1-2H3. The molecular weight excluding hydrogens is 300 g/mol. The molecule has 4 nitrogen and oxygen atoms in total. The zero-order valence-electron chi connectivity index (χ0n) is 14.8. The third kappa shape index (κ3) is 3.63. The summed E-state index contributed by atoms with van der Waals surface area (Å²) in [5, 5.41) is 0. The van der Waals surface area contributed by atoms with E-state index in [1.807, 2.05) is 41.0 Å². The molecule has 3 rings (SSSR count). The van der Waals surface area contributed by atoms with Gasteiger partial charge in [-0.2, -0.15) is 0 Å². The van der Waals surface area contributed by atoms with Crippen LogP contribution < -0.4 is 0 Å². The Labute approximate surface area is 144 Å². The van der Waals surface area contributed by atoms with Crippen LogP contribution in [0.15, 0.2) is 24.3 Å². The minimum Gasteiger partial charge on any atom is -0.339 e. The molecular formula is C20H28N2O2. The first-order chi connectivity index (χ1) is 11.6. The van der Waals surface area contributed by atoms with Crippen LogP contribution in [0, 0.1) is 18.8 Å². The number of hydrogen-bond acceptors (Lipinski definition) is 2. The molecule has 2 amide bonds. The van der Waals surface area contributed by atoms with Crippen LogP contribution in [-0.2, 0) is 4.79 Å². The molecule has 0 spiro atoms. The minimum absolute atomic E-state index is 0.0784. The third-order valence-corrected chi connectivity index (χ3v) is 5.64. The van der Waals surface area contributed by atoms with Crippen LogP contribution in [0.3, 0.4) is 0 Å². The Morgan fingerprint density at radius 3 is 2.29 bits per heavy atom. The molecule has 1 heterocycles. The molecule has 0 N–H and O–H groups in total. The van der Waals surface area contributed by atoms with Crippen LogP contribution in [0.2, 0.25) is 0 Å². The van der Waals surface area contributed by atoms with E-state index in [9.17, 15) is 9.59 Å². The first-order valence-corrected chi connectivity index (χ1v) is 9.21. The highest BCUT2D eigenvalue weighted by Crippen LogP contribution is 2.32. The van der Waals surface area contributed by atoms with E-state index >= 15 is 0 Å². The molecule has 0 radical (unpaired) electrons. The van der Waals surface area contributed by atoms with Crippen molar-refractivity contribution in [1.29, 1.82) is 0 Å². The third-order valence-electron chi connectivity index (χ3n) is 5.64. The molecule has 1 unspecified atom stereocenters. The van der Waals surface area contributed by atoms with Gasteiger partial charge in [-0.3, -0.25) is 9.59 Å². The zero-order chi connectivity index (χ0) is 17.1. The number of rotatable bonds is 3. The summed E-state index contributed by atoms with van der Waals surface area (Å²) in [7, 11) is 0. The number of piperazine rings is 1. The summed E-state index contributed by atoms with van der Waals surface area (Å²) in [5.74, 6) is 1.05. The van der Waals surface area contributed by atoms with Crippen LogP contribution in [0.4, 0.5) is 0 Å². The lowest BCUT2D eigenvalue weighted by atomic mass is 9.91. The molecule has 130 valence electrons. The largest absolute Gasteiger partial charge is 0.339 e. The van der Waals surface area contributed by atoms with Gasteiger partial charge in [0.05, 0.1) is 0 Å². The Bertz CT molecular complexity index is 599. The van der Waals surface area contributed by atoms with Crippen molar-refractivity contribution in [2.24, 2.45) is 11.8 Å². The Hall–Kier alpha value is -1.84. The van der Waals surface area contributed by atoms with Gasteiger partial charge in [0.25, 0.3) is 5.91 Å². The second-order valence-electron chi connectivity index (χ2n) is 7.32. The van der Waals surface area contributed by atoms with Crippen molar-refractivity contribution in [3.05, 3.63) is 35.4 Å². The number of aryl methyl sites for hydroxylation is 1. The maximum absolute atomic E-state index is 12.7. The van der Waals surface area contributed by atoms with E-state index in [2.05, 4.69) is 6.92 Å². The van der Waals surface area contributed by atoms with Crippen molar-refractivity contribution in [1.82, 2.24) is 9.80 Å². The van der Waals surface area contributed by atoms with E-state index in [0.29, 0.717) is 32.1 Å². The predicted octanol–water partition coefficient (Wildman–Crippen LogP) is 3.11. The maximum atomic E-state index is 12.7. The number of benzene rings is 1. The van der Waals surface area contributed by atoms with Gasteiger partial charge in [0, 0.05) is 37.7 Å². The second kappa shape index (κ2) is 7.37. The Morgan fingerprint density at radius 1 is 1.04 bits per heavy atom. The van der Waals surface area contributed by atoms with Crippen molar-refractivity contribution < 1.29 is 9.59 Å². The molecule has 1 saturated heterocycles. The second-order valence-corrected chi connectivity index (χ2v) is 7.32. The lowest BCUT2D eigenvalue weighted by molar-refractivity contribution is -0.138. The summed E-state index contributed by atoms with van der Waals surface area (Å²) in [4.78, 5) is 29.1. The molecule has 24 heavy (non-hydrogen) atoms. The number of amides is 2. The predicted molar refractivity (Wildman–Crippen MR) is 94.8 cm³/mol. The highest BCUT2D eigenvalue weighted by Gasteiger charge is 2.32. The molecule has 1 aromatic carbocycles. The Balaban J connectivity index is 1.55. The summed E-state index contributed by atoms with van der Waals surface area (Å²) >= 11 is 0. The molecule has 1 saturated carbocycles. The highest BCUT2D eigenvalue weighted by atomic mass is 16.2. The first kappa shape index (κ1) is 17.0. The van der Waals surface area contributed by atoms with E-state index in [1.165, 1.54) is 25.7 Å². The van der Waals surface area contributed by atoms with Gasteiger partial charge in [-0.1, -0.05) is 37.5 Å². The van der Waals surface area contributed by atoms with Crippen molar-refractivity contribution in [2.45, 2.75) is 39.5 Å². The summed E-state index contributed by atoms with van der Waals surface area (Å²) in [6.07, 6.45) is 4.92. The lowest BCUT2D eigenvalue weighted by Crippen LogP contribution is -2.52. The number of carbonyl (C=O) groups is 2. The fourth-order valence-corrected chi connectivity index (χ4v) is 4.04. The fourth-order valence-electron chi connectivity index (χ4n) is 4.04. The van der Waals surface area contributed by atoms with Crippen molar-refractivity contribution >= 4 is 11.8 Å². The van der Waals surface area contributed by atoms with Gasteiger partial charge in [0.2, 0.25) is 5.91 Å². The molecule has 0 aromatic heterocycles. The number of hydrogen-bond donors (Lipinski definition) is 0. The van der Waals surface area contributed by atoms with Crippen LogP contribution in [0.25, 0.3) is 0 Å². The maximum Gasteiger partial charge on any atom is 0.253 e. The fraction of sp³-hybridized carbons (Fsp3) is 0.600. The molecule has 1 aliphatic heterocycles. The average molecular weight is 328 g/mol. The SMILES string of the molecule is Cc1cccc(C(=O)N2CCN(C(=O)C(C)C3CCCC3)CC2)c1. The molecule has 1 atom stereocenters. The van der Waals surface area contributed by atoms with Crippen molar-refractivity contribution in [3.8, 4) is 0 Å². The van der Waals surface area contributed by atoms with Gasteiger partial charge in [0.1, 0.15) is 0 Å². The van der Waals surface area contributed by atoms with Gasteiger partial charge >= 0.3 is 0 Å². The van der Waals surface area contributed by atoms with E-state index in [4.69, 9.17) is 0 Å². The normalized spacial score (nSPS) is 20.2. The van der Waals surface area contributed by atoms with E-state index in [0.717, 1.165) is 11.1 Å². The Kier molecular flexibility index (Phi) is 5.22.